The quantitative estimate of drug-likeness (QED) is 0.121. The molecule has 0 amide bonds. The van der Waals surface area contributed by atoms with Gasteiger partial charge >= 0.3 is 0 Å². The summed E-state index contributed by atoms with van der Waals surface area (Å²) < 4.78 is 5.08. The highest BCUT2D eigenvalue weighted by Crippen LogP contribution is 2.47. The van der Waals surface area contributed by atoms with Gasteiger partial charge in [-0.05, 0) is 83.4 Å². The van der Waals surface area contributed by atoms with Crippen molar-refractivity contribution in [2.75, 3.05) is 0 Å². The van der Waals surface area contributed by atoms with E-state index in [-0.39, 0.29) is 5.41 Å². The number of aromatic nitrogens is 2. The van der Waals surface area contributed by atoms with E-state index in [4.69, 9.17) is 0 Å². The van der Waals surface area contributed by atoms with Crippen molar-refractivity contribution in [2.45, 2.75) is 72.6 Å². The van der Waals surface area contributed by atoms with Crippen LogP contribution in [0.15, 0.2) is 60.8 Å². The molecule has 1 saturated carbocycles. The Morgan fingerprint density at radius 3 is 2.38 bits per heavy atom. The summed E-state index contributed by atoms with van der Waals surface area (Å²) in [6, 6.07) is 21.4. The molecule has 8 rings (SSSR count). The van der Waals surface area contributed by atoms with Gasteiger partial charge in [-0.15, -0.1) is 0 Å². The zero-order valence-corrected chi connectivity index (χ0v) is 24.8. The van der Waals surface area contributed by atoms with Crippen molar-refractivity contribution in [2.24, 2.45) is 12.5 Å². The molecule has 0 unspecified atom stereocenters. The average molecular weight is 524 g/mol. The minimum Gasteiger partial charge on any atom is -0.307 e. The molecule has 1 fully saturated rings. The van der Waals surface area contributed by atoms with Gasteiger partial charge in [0.2, 0.25) is 5.52 Å². The van der Waals surface area contributed by atoms with Gasteiger partial charge in [0.25, 0.3) is 0 Å². The van der Waals surface area contributed by atoms with Gasteiger partial charge in [0.05, 0.1) is 27.3 Å². The third-order valence-corrected chi connectivity index (χ3v) is 9.85. The smallest absolute Gasteiger partial charge is 0.224 e. The Hall–Kier alpha value is -3.65. The molecule has 0 spiro atoms. The van der Waals surface area contributed by atoms with E-state index >= 15 is 0 Å². The molecule has 0 N–H and O–H groups in total. The Labute approximate surface area is 236 Å². The Balaban J connectivity index is 1.74. The first-order valence-electron chi connectivity index (χ1n) is 15.2. The number of rotatable bonds is 2. The first-order valence-corrected chi connectivity index (χ1v) is 15.2. The van der Waals surface area contributed by atoms with Gasteiger partial charge in [-0.25, -0.2) is 4.57 Å². The van der Waals surface area contributed by atoms with Crippen LogP contribution in [0.2, 0.25) is 0 Å². The van der Waals surface area contributed by atoms with E-state index in [2.05, 4.69) is 111 Å². The second-order valence-corrected chi connectivity index (χ2v) is 13.9. The topological polar surface area (TPSA) is 8.29 Å². The maximum absolute atomic E-state index is 2.70. The summed E-state index contributed by atoms with van der Waals surface area (Å²) in [5, 5.41) is 9.86. The van der Waals surface area contributed by atoms with Crippen LogP contribution in [0, 0.1) is 19.3 Å². The second-order valence-electron chi connectivity index (χ2n) is 13.9. The number of benzene rings is 4. The van der Waals surface area contributed by atoms with E-state index in [1.54, 1.807) is 5.56 Å². The highest BCUT2D eigenvalue weighted by Gasteiger charge is 2.30. The van der Waals surface area contributed by atoms with Gasteiger partial charge in [0.15, 0.2) is 6.20 Å². The van der Waals surface area contributed by atoms with Crippen molar-refractivity contribution < 1.29 is 4.57 Å². The van der Waals surface area contributed by atoms with Crippen molar-refractivity contribution in [3.8, 4) is 0 Å². The molecule has 0 saturated heterocycles. The lowest BCUT2D eigenvalue weighted by Gasteiger charge is -2.24. The van der Waals surface area contributed by atoms with Crippen LogP contribution in [-0.4, -0.2) is 4.40 Å². The number of pyridine rings is 2. The van der Waals surface area contributed by atoms with Crippen LogP contribution in [0.4, 0.5) is 0 Å². The second kappa shape index (κ2) is 8.19. The van der Waals surface area contributed by atoms with Gasteiger partial charge in [0.1, 0.15) is 7.05 Å². The third-order valence-electron chi connectivity index (χ3n) is 9.85. The lowest BCUT2D eigenvalue weighted by Crippen LogP contribution is -2.29. The molecule has 0 radical (unpaired) electrons. The molecule has 0 atom stereocenters. The molecule has 2 heteroatoms. The van der Waals surface area contributed by atoms with E-state index in [0.29, 0.717) is 5.92 Å². The highest BCUT2D eigenvalue weighted by atomic mass is 15.0. The molecule has 40 heavy (non-hydrogen) atoms. The van der Waals surface area contributed by atoms with E-state index in [1.807, 2.05) is 0 Å². The van der Waals surface area contributed by atoms with Crippen molar-refractivity contribution in [3.05, 3.63) is 83.0 Å². The SMILES string of the molecule is Cc1ccc2c(C)c3c(c(CC(C)(C)C)c2c1)n1c2cccc(C4CCCC4)c2c2ccc4cc[n+](C)c3c4c21. The van der Waals surface area contributed by atoms with E-state index < -0.39 is 0 Å². The van der Waals surface area contributed by atoms with Crippen LogP contribution < -0.4 is 4.57 Å². The first kappa shape index (κ1) is 24.2. The molecule has 1 aliphatic carbocycles. The number of nitrogens with zero attached hydrogens (tertiary/aromatic N) is 2. The summed E-state index contributed by atoms with van der Waals surface area (Å²) in [4.78, 5) is 0. The first-order chi connectivity index (χ1) is 19.2. The van der Waals surface area contributed by atoms with Gasteiger partial charge in [-0.1, -0.05) is 81.6 Å². The summed E-state index contributed by atoms with van der Waals surface area (Å²) in [6.45, 7) is 11.8. The normalized spacial score (nSPS) is 15.3. The molecule has 0 bridgehead atoms. The fraction of sp³-hybridized carbons (Fsp3) is 0.342. The van der Waals surface area contributed by atoms with Gasteiger partial charge < -0.3 is 4.40 Å². The number of hydrogen-bond donors (Lipinski definition) is 0. The molecular weight excluding hydrogens is 484 g/mol. The van der Waals surface area contributed by atoms with Crippen LogP contribution in [-0.2, 0) is 13.5 Å². The molecule has 2 nitrogen and oxygen atoms in total. The molecule has 7 aromatic rings. The van der Waals surface area contributed by atoms with Crippen LogP contribution in [0.1, 0.15) is 74.6 Å². The molecular formula is C38H39N2+. The predicted octanol–water partition coefficient (Wildman–Crippen LogP) is 9.83. The lowest BCUT2D eigenvalue weighted by molar-refractivity contribution is -0.643. The minimum atomic E-state index is 0.155. The number of fused-ring (bicyclic) bond motifs is 7. The van der Waals surface area contributed by atoms with Crippen molar-refractivity contribution in [3.63, 3.8) is 0 Å². The van der Waals surface area contributed by atoms with Crippen LogP contribution >= 0.6 is 0 Å². The maximum atomic E-state index is 2.70. The fourth-order valence-electron chi connectivity index (χ4n) is 8.21. The van der Waals surface area contributed by atoms with E-state index in [1.165, 1.54) is 102 Å². The van der Waals surface area contributed by atoms with Crippen molar-refractivity contribution in [1.29, 1.82) is 0 Å². The van der Waals surface area contributed by atoms with E-state index in [9.17, 15) is 0 Å². The zero-order valence-electron chi connectivity index (χ0n) is 24.8. The van der Waals surface area contributed by atoms with Crippen LogP contribution in [0.3, 0.4) is 0 Å². The van der Waals surface area contributed by atoms with E-state index in [0.717, 1.165) is 6.42 Å². The standard InChI is InChI=1S/C38H39N2/c1-22-14-16-26-23(2)32-36(30(29(26)20-22)21-38(3,4)5)40-31-13-9-12-27(24-10-7-8-11-24)34(31)28-17-15-25-18-19-39(6)37(32)33(25)35(28)40/h9,12-20,24H,7-8,10-11,21H2,1-6H3/q+1. The lowest BCUT2D eigenvalue weighted by atomic mass is 9.83. The Morgan fingerprint density at radius 1 is 0.825 bits per heavy atom. The summed E-state index contributed by atoms with van der Waals surface area (Å²) >= 11 is 0. The summed E-state index contributed by atoms with van der Waals surface area (Å²) in [5.74, 6) is 0.667. The van der Waals surface area contributed by atoms with Gasteiger partial charge in [-0.3, -0.25) is 0 Å². The minimum absolute atomic E-state index is 0.155. The van der Waals surface area contributed by atoms with Gasteiger partial charge in [0, 0.05) is 16.8 Å². The summed E-state index contributed by atoms with van der Waals surface area (Å²) in [5.41, 5.74) is 11.5. The van der Waals surface area contributed by atoms with Crippen molar-refractivity contribution in [1.82, 2.24) is 4.40 Å². The zero-order chi connectivity index (χ0) is 27.5. The maximum Gasteiger partial charge on any atom is 0.224 e. The summed E-state index contributed by atoms with van der Waals surface area (Å²) in [6.07, 6.45) is 8.62. The molecule has 200 valence electrons. The monoisotopic (exact) mass is 523 g/mol. The Bertz CT molecular complexity index is 2150. The molecule has 4 aromatic carbocycles. The van der Waals surface area contributed by atoms with Gasteiger partial charge in [-0.2, -0.15) is 0 Å². The third kappa shape index (κ3) is 3.20. The molecule has 0 aliphatic heterocycles. The Morgan fingerprint density at radius 2 is 1.60 bits per heavy atom. The largest absolute Gasteiger partial charge is 0.307 e. The van der Waals surface area contributed by atoms with Crippen molar-refractivity contribution >= 4 is 59.8 Å². The number of hydrogen-bond acceptors (Lipinski definition) is 0. The number of aryl methyl sites for hydroxylation is 3. The van der Waals surface area contributed by atoms with Crippen LogP contribution in [0.25, 0.3) is 59.8 Å². The summed E-state index contributed by atoms with van der Waals surface area (Å²) in [7, 11) is 2.24. The molecule has 1 aliphatic rings. The fourth-order valence-corrected chi connectivity index (χ4v) is 8.21. The molecule has 3 aromatic heterocycles. The Kier molecular flexibility index (Phi) is 4.95. The molecule has 3 heterocycles. The predicted molar refractivity (Wildman–Crippen MR) is 171 cm³/mol. The average Bonchev–Trinajstić information content (AvgIpc) is 3.57. The van der Waals surface area contributed by atoms with Crippen LogP contribution in [0.5, 0.6) is 0 Å². The highest BCUT2D eigenvalue weighted by molar-refractivity contribution is 6.29.